The van der Waals surface area contributed by atoms with Crippen molar-refractivity contribution in [3.05, 3.63) is 11.5 Å². The van der Waals surface area contributed by atoms with E-state index in [2.05, 4.69) is 0 Å². The van der Waals surface area contributed by atoms with E-state index in [1.54, 1.807) is 6.92 Å². The Bertz CT molecular complexity index is 459. The normalized spacial score (nSPS) is 30.1. The van der Waals surface area contributed by atoms with Crippen LogP contribution < -0.4 is 0 Å². The molecule has 2 aliphatic rings. The van der Waals surface area contributed by atoms with Gasteiger partial charge in [-0.3, -0.25) is 4.79 Å². The van der Waals surface area contributed by atoms with Crippen LogP contribution in [0.5, 0.6) is 0 Å². The van der Waals surface area contributed by atoms with Crippen molar-refractivity contribution in [3.8, 4) is 0 Å². The number of carbonyl (C=O) groups is 1. The molecule has 1 fully saturated rings. The molecule has 1 heterocycles. The van der Waals surface area contributed by atoms with E-state index in [1.807, 2.05) is 33.8 Å². The summed E-state index contributed by atoms with van der Waals surface area (Å²) in [5, 5.41) is 0. The molecule has 0 bridgehead atoms. The van der Waals surface area contributed by atoms with Gasteiger partial charge in [0.15, 0.2) is 0 Å². The first-order chi connectivity index (χ1) is 10.2. The van der Waals surface area contributed by atoms with E-state index in [4.69, 9.17) is 14.0 Å². The molecule has 124 valence electrons. The molecule has 4 nitrogen and oxygen atoms in total. The molecule has 0 aromatic heterocycles. The van der Waals surface area contributed by atoms with Crippen LogP contribution in [-0.2, 0) is 18.8 Å². The molecule has 1 aliphatic carbocycles. The summed E-state index contributed by atoms with van der Waals surface area (Å²) in [6.07, 6.45) is 3.24. The predicted octanol–water partition coefficient (Wildman–Crippen LogP) is 3.25. The van der Waals surface area contributed by atoms with Gasteiger partial charge in [0.2, 0.25) is 0 Å². The smallest absolute Gasteiger partial charge is 0.465 e. The van der Waals surface area contributed by atoms with Gasteiger partial charge in [0.25, 0.3) is 0 Å². The van der Waals surface area contributed by atoms with Crippen molar-refractivity contribution in [3.63, 3.8) is 0 Å². The van der Waals surface area contributed by atoms with Gasteiger partial charge in [-0.05, 0) is 59.4 Å². The van der Waals surface area contributed by atoms with E-state index in [1.165, 1.54) is 0 Å². The van der Waals surface area contributed by atoms with Gasteiger partial charge in [0, 0.05) is 0 Å². The van der Waals surface area contributed by atoms with Crippen LogP contribution in [0.1, 0.15) is 53.9 Å². The maximum Gasteiger partial charge on any atom is 0.490 e. The minimum absolute atomic E-state index is 0.272. The number of carbonyl (C=O) groups excluding carboxylic acids is 1. The molecule has 0 N–H and O–H groups in total. The zero-order chi connectivity index (χ0) is 16.6. The van der Waals surface area contributed by atoms with Crippen LogP contribution in [0.25, 0.3) is 0 Å². The highest BCUT2D eigenvalue weighted by Gasteiger charge is 2.53. The average molecular weight is 312 g/mol. The standard InChI is InChI=1S/C16H26BFO4/c1-6-20-13(19)16(11-18)9-7-12(8-10-16)17-21-14(2,3)15(4,5)22-17/h7H,6,8-11H2,1-5H3/t16-/m1/s1. The number of esters is 1. The maximum atomic E-state index is 13.5. The third-order valence-electron chi connectivity index (χ3n) is 5.17. The lowest BCUT2D eigenvalue weighted by atomic mass is 9.66. The molecule has 0 aromatic rings. The second-order valence-corrected chi connectivity index (χ2v) is 7.21. The number of hydrogen-bond acceptors (Lipinski definition) is 4. The lowest BCUT2D eigenvalue weighted by Gasteiger charge is -2.32. The third kappa shape index (κ3) is 2.95. The molecule has 0 spiro atoms. The molecule has 1 atom stereocenters. The van der Waals surface area contributed by atoms with Gasteiger partial charge in [-0.1, -0.05) is 6.08 Å². The van der Waals surface area contributed by atoms with Crippen LogP contribution in [0.15, 0.2) is 11.5 Å². The van der Waals surface area contributed by atoms with E-state index in [0.717, 1.165) is 5.47 Å². The van der Waals surface area contributed by atoms with Crippen molar-refractivity contribution < 1.29 is 23.2 Å². The zero-order valence-corrected chi connectivity index (χ0v) is 14.2. The number of ether oxygens (including phenoxy) is 1. The zero-order valence-electron chi connectivity index (χ0n) is 14.2. The van der Waals surface area contributed by atoms with Crippen molar-refractivity contribution in [1.82, 2.24) is 0 Å². The highest BCUT2D eigenvalue weighted by Crippen LogP contribution is 2.43. The third-order valence-corrected chi connectivity index (χ3v) is 5.17. The SMILES string of the molecule is CCOC(=O)[C@]1(CF)CC=C(B2OC(C)(C)C(C)(C)O2)CC1. The number of halogens is 1. The first kappa shape index (κ1) is 17.5. The fourth-order valence-electron chi connectivity index (χ4n) is 2.77. The van der Waals surface area contributed by atoms with Gasteiger partial charge in [0.05, 0.1) is 23.2 Å². The minimum atomic E-state index is -1.04. The topological polar surface area (TPSA) is 44.8 Å². The van der Waals surface area contributed by atoms with Gasteiger partial charge in [-0.2, -0.15) is 0 Å². The van der Waals surface area contributed by atoms with Crippen molar-refractivity contribution in [2.45, 2.75) is 65.1 Å². The first-order valence-electron chi connectivity index (χ1n) is 7.95. The van der Waals surface area contributed by atoms with Crippen molar-refractivity contribution in [2.75, 3.05) is 13.3 Å². The second kappa shape index (κ2) is 5.97. The van der Waals surface area contributed by atoms with Gasteiger partial charge in [-0.25, -0.2) is 4.39 Å². The number of hydrogen-bond donors (Lipinski definition) is 0. The molecule has 0 aromatic carbocycles. The lowest BCUT2D eigenvalue weighted by molar-refractivity contribution is -0.157. The fraction of sp³-hybridized carbons (Fsp3) is 0.812. The minimum Gasteiger partial charge on any atom is -0.465 e. The molecule has 0 unspecified atom stereocenters. The quantitative estimate of drug-likeness (QED) is 0.590. The molecule has 2 rings (SSSR count). The Hall–Kier alpha value is -0.875. The Morgan fingerprint density at radius 3 is 2.32 bits per heavy atom. The van der Waals surface area contributed by atoms with Crippen LogP contribution in [0.3, 0.4) is 0 Å². The van der Waals surface area contributed by atoms with E-state index >= 15 is 0 Å². The van der Waals surface area contributed by atoms with E-state index in [9.17, 15) is 9.18 Å². The number of rotatable bonds is 4. The van der Waals surface area contributed by atoms with Gasteiger partial charge >= 0.3 is 13.1 Å². The van der Waals surface area contributed by atoms with Crippen molar-refractivity contribution in [1.29, 1.82) is 0 Å². The summed E-state index contributed by atoms with van der Waals surface area (Å²) in [5.41, 5.74) is -0.835. The summed E-state index contributed by atoms with van der Waals surface area (Å²) >= 11 is 0. The van der Waals surface area contributed by atoms with Crippen molar-refractivity contribution in [2.24, 2.45) is 5.41 Å². The molecular weight excluding hydrogens is 286 g/mol. The Morgan fingerprint density at radius 1 is 1.32 bits per heavy atom. The summed E-state index contributed by atoms with van der Waals surface area (Å²) in [6, 6.07) is 0. The van der Waals surface area contributed by atoms with Crippen LogP contribution in [-0.4, -0.2) is 37.6 Å². The molecule has 0 amide bonds. The Kier molecular flexibility index (Phi) is 4.74. The van der Waals surface area contributed by atoms with Crippen LogP contribution >= 0.6 is 0 Å². The number of allylic oxidation sites excluding steroid dienone is 2. The molecular formula is C16H26BFO4. The predicted molar refractivity (Wildman–Crippen MR) is 83.1 cm³/mol. The summed E-state index contributed by atoms with van der Waals surface area (Å²) in [4.78, 5) is 12.0. The monoisotopic (exact) mass is 312 g/mol. The average Bonchev–Trinajstić information content (AvgIpc) is 2.68. The lowest BCUT2D eigenvalue weighted by Crippen LogP contribution is -2.41. The van der Waals surface area contributed by atoms with Gasteiger partial charge in [-0.15, -0.1) is 0 Å². The fourth-order valence-corrected chi connectivity index (χ4v) is 2.77. The second-order valence-electron chi connectivity index (χ2n) is 7.21. The van der Waals surface area contributed by atoms with Gasteiger partial charge in [0.1, 0.15) is 6.67 Å². The number of alkyl halides is 1. The largest absolute Gasteiger partial charge is 0.490 e. The van der Waals surface area contributed by atoms with Gasteiger partial charge < -0.3 is 14.0 Å². The van der Waals surface area contributed by atoms with Crippen LogP contribution in [0.4, 0.5) is 4.39 Å². The summed E-state index contributed by atoms with van der Waals surface area (Å²) in [6.45, 7) is 9.31. The molecule has 22 heavy (non-hydrogen) atoms. The molecule has 0 radical (unpaired) electrons. The van der Waals surface area contributed by atoms with Crippen LogP contribution in [0, 0.1) is 5.41 Å². The molecule has 1 saturated heterocycles. The molecule has 6 heteroatoms. The maximum absolute atomic E-state index is 13.5. The van der Waals surface area contributed by atoms with E-state index in [-0.39, 0.29) is 6.61 Å². The Labute approximate surface area is 132 Å². The van der Waals surface area contributed by atoms with E-state index < -0.39 is 36.4 Å². The highest BCUT2D eigenvalue weighted by atomic mass is 19.1. The van der Waals surface area contributed by atoms with Crippen molar-refractivity contribution >= 4 is 13.1 Å². The molecule has 0 saturated carbocycles. The Balaban J connectivity index is 2.10. The summed E-state index contributed by atoms with van der Waals surface area (Å²) < 4.78 is 30.5. The summed E-state index contributed by atoms with van der Waals surface area (Å²) in [7, 11) is -0.412. The van der Waals surface area contributed by atoms with Crippen LogP contribution in [0.2, 0.25) is 0 Å². The Morgan fingerprint density at radius 2 is 1.91 bits per heavy atom. The first-order valence-corrected chi connectivity index (χ1v) is 7.95. The van der Waals surface area contributed by atoms with E-state index in [0.29, 0.717) is 19.3 Å². The summed E-state index contributed by atoms with van der Waals surface area (Å²) in [5.74, 6) is -0.443. The highest BCUT2D eigenvalue weighted by molar-refractivity contribution is 6.54. The molecule has 1 aliphatic heterocycles.